The van der Waals surface area contributed by atoms with Crippen molar-refractivity contribution in [3.8, 4) is 0 Å². The number of amides is 2. The number of nitrogens with one attached hydrogen (secondary N) is 1. The molecule has 0 aromatic carbocycles. The molecule has 10 nitrogen and oxygen atoms in total. The smallest absolute Gasteiger partial charge is 0.410 e. The number of carbonyl (C=O) groups is 3. The van der Waals surface area contributed by atoms with E-state index in [4.69, 9.17) is 21.7 Å². The van der Waals surface area contributed by atoms with Gasteiger partial charge in [-0.05, 0) is 25.6 Å². The number of carbonyl (C=O) groups excluding carboxylic acids is 3. The van der Waals surface area contributed by atoms with Gasteiger partial charge in [-0.25, -0.2) is 9.59 Å². The molecule has 0 aromatic rings. The Balaban J connectivity index is 1.52. The third kappa shape index (κ3) is 6.32. The summed E-state index contributed by atoms with van der Waals surface area (Å²) in [4.78, 5) is 45.1. The molecule has 0 spiro atoms. The molecule has 4 rings (SSSR count). The van der Waals surface area contributed by atoms with Crippen molar-refractivity contribution < 1.29 is 29.0 Å². The molecule has 4 heterocycles. The average Bonchev–Trinajstić information content (AvgIpc) is 3.46. The highest BCUT2D eigenvalue weighted by Crippen LogP contribution is 2.52. The molecule has 4 aliphatic rings. The second-order valence-electron chi connectivity index (χ2n) is 10.3. The number of nitrogens with zero attached hydrogens (tertiary/aromatic N) is 3. The third-order valence-electron chi connectivity index (χ3n) is 7.65. The predicted molar refractivity (Wildman–Crippen MR) is 161 cm³/mol. The molecule has 4 aliphatic heterocycles. The quantitative estimate of drug-likeness (QED) is 0.164. The Morgan fingerprint density at radius 2 is 1.93 bits per heavy atom. The summed E-state index contributed by atoms with van der Waals surface area (Å²) >= 11 is 9.04. The monoisotopic (exact) mass is 610 g/mol. The standard InChI is InChI=1S/C27H38N4O6S3/c1-5-9-36-25(34)22-23(16(3)21-20(17(4)32)24(33)31(21)22)40-19-13-18(30(15-19)27(35)37-10-6-2)14-28-26(38)29-7-11-39-12-8-29/h5-6,16-21,32H,1-2,7-15H2,3-4H3,(H,28,38)/t16-,17-,18+,19+,20?,21-/m1/s1. The van der Waals surface area contributed by atoms with Gasteiger partial charge < -0.3 is 34.6 Å². The Hall–Kier alpha value is -2.22. The molecular weight excluding hydrogens is 573 g/mol. The highest BCUT2D eigenvalue weighted by Gasteiger charge is 2.60. The first-order chi connectivity index (χ1) is 19.2. The van der Waals surface area contributed by atoms with E-state index in [1.54, 1.807) is 11.8 Å². The summed E-state index contributed by atoms with van der Waals surface area (Å²) in [5.74, 6) is 0.460. The zero-order valence-corrected chi connectivity index (χ0v) is 25.4. The second kappa shape index (κ2) is 13.6. The number of hydrogen-bond donors (Lipinski definition) is 2. The van der Waals surface area contributed by atoms with Crippen molar-refractivity contribution in [1.82, 2.24) is 20.0 Å². The van der Waals surface area contributed by atoms with Gasteiger partial charge in [-0.1, -0.05) is 32.2 Å². The lowest BCUT2D eigenvalue weighted by Gasteiger charge is -2.46. The normalized spacial score (nSPS) is 28.5. The molecule has 0 aromatic heterocycles. The maximum absolute atomic E-state index is 13.1. The zero-order chi connectivity index (χ0) is 29.0. The molecule has 1 unspecified atom stereocenters. The molecule has 2 N–H and O–H groups in total. The van der Waals surface area contributed by atoms with Crippen LogP contribution in [0.3, 0.4) is 0 Å². The number of thioether (sulfide) groups is 2. The summed E-state index contributed by atoms with van der Waals surface area (Å²) in [6.07, 6.45) is 2.39. The Morgan fingerprint density at radius 1 is 1.25 bits per heavy atom. The number of aliphatic hydroxyl groups is 1. The topological polar surface area (TPSA) is 112 Å². The van der Waals surface area contributed by atoms with Crippen LogP contribution in [0.15, 0.2) is 35.9 Å². The van der Waals surface area contributed by atoms with Crippen molar-refractivity contribution in [2.45, 2.75) is 43.7 Å². The molecular formula is C27H38N4O6S3. The zero-order valence-electron chi connectivity index (χ0n) is 23.0. The Labute approximate surface area is 249 Å². The van der Waals surface area contributed by atoms with Crippen molar-refractivity contribution >= 4 is 58.8 Å². The number of β-lactam (4-membered cyclic amide) rings is 1. The first kappa shape index (κ1) is 30.7. The molecule has 220 valence electrons. The summed E-state index contributed by atoms with van der Waals surface area (Å²) in [7, 11) is 0. The van der Waals surface area contributed by atoms with Gasteiger partial charge in [-0.2, -0.15) is 11.8 Å². The highest BCUT2D eigenvalue weighted by atomic mass is 32.2. The van der Waals surface area contributed by atoms with E-state index in [1.807, 2.05) is 18.7 Å². The van der Waals surface area contributed by atoms with Gasteiger partial charge in [0.05, 0.1) is 24.1 Å². The maximum atomic E-state index is 13.1. The Morgan fingerprint density at radius 3 is 2.58 bits per heavy atom. The first-order valence-corrected chi connectivity index (χ1v) is 16.0. The summed E-state index contributed by atoms with van der Waals surface area (Å²) in [6, 6.07) is -0.488. The van der Waals surface area contributed by atoms with E-state index < -0.39 is 24.1 Å². The summed E-state index contributed by atoms with van der Waals surface area (Å²) in [6.45, 7) is 13.6. The van der Waals surface area contributed by atoms with Gasteiger partial charge in [0.1, 0.15) is 18.9 Å². The highest BCUT2D eigenvalue weighted by molar-refractivity contribution is 8.03. The van der Waals surface area contributed by atoms with Crippen LogP contribution in [0.1, 0.15) is 20.3 Å². The molecule has 3 fully saturated rings. The van der Waals surface area contributed by atoms with Gasteiger partial charge in [0.25, 0.3) is 0 Å². The minimum absolute atomic E-state index is 0.0247. The van der Waals surface area contributed by atoms with E-state index in [1.165, 1.54) is 28.8 Å². The lowest BCUT2D eigenvalue weighted by molar-refractivity contribution is -0.164. The molecule has 0 saturated carbocycles. The predicted octanol–water partition coefficient (Wildman–Crippen LogP) is 2.21. The van der Waals surface area contributed by atoms with Crippen LogP contribution in [0.25, 0.3) is 0 Å². The van der Waals surface area contributed by atoms with Crippen LogP contribution in [0, 0.1) is 11.8 Å². The lowest BCUT2D eigenvalue weighted by atomic mass is 9.79. The number of aliphatic hydroxyl groups excluding tert-OH is 1. The first-order valence-electron chi connectivity index (χ1n) is 13.5. The Kier molecular flexibility index (Phi) is 10.5. The fourth-order valence-electron chi connectivity index (χ4n) is 5.72. The van der Waals surface area contributed by atoms with Crippen LogP contribution < -0.4 is 5.32 Å². The molecule has 40 heavy (non-hydrogen) atoms. The van der Waals surface area contributed by atoms with Gasteiger partial charge in [-0.15, -0.1) is 11.8 Å². The minimum Gasteiger partial charge on any atom is -0.457 e. The van der Waals surface area contributed by atoms with Gasteiger partial charge in [-0.3, -0.25) is 4.79 Å². The molecule has 0 radical (unpaired) electrons. The van der Waals surface area contributed by atoms with Gasteiger partial charge >= 0.3 is 12.1 Å². The van der Waals surface area contributed by atoms with Crippen LogP contribution in [0.2, 0.25) is 0 Å². The number of fused-ring (bicyclic) bond motifs is 1. The number of hydrogen-bond acceptors (Lipinski definition) is 9. The van der Waals surface area contributed by atoms with Crippen LogP contribution in [-0.2, 0) is 19.1 Å². The number of esters is 1. The van der Waals surface area contributed by atoms with Crippen molar-refractivity contribution in [1.29, 1.82) is 0 Å². The molecule has 0 aliphatic carbocycles. The molecule has 2 amide bonds. The van der Waals surface area contributed by atoms with Crippen LogP contribution in [0.5, 0.6) is 0 Å². The van der Waals surface area contributed by atoms with E-state index in [0.29, 0.717) is 24.6 Å². The van der Waals surface area contributed by atoms with E-state index in [-0.39, 0.29) is 48.1 Å². The SMILES string of the molecule is C=CCOC(=O)C1=C(S[C@H]2C[C@@H](CNC(=S)N3CCSCC3)N(C(=O)OCC=C)C2)[C@H](C)[C@@H]2C([C@@H](C)O)C(=O)N12. The van der Waals surface area contributed by atoms with E-state index >= 15 is 0 Å². The molecule has 6 atom stereocenters. The van der Waals surface area contributed by atoms with Gasteiger partial charge in [0.2, 0.25) is 5.91 Å². The maximum Gasteiger partial charge on any atom is 0.410 e. The molecule has 13 heteroatoms. The summed E-state index contributed by atoms with van der Waals surface area (Å²) in [5, 5.41) is 14.2. The van der Waals surface area contributed by atoms with Crippen molar-refractivity contribution in [2.24, 2.45) is 11.8 Å². The van der Waals surface area contributed by atoms with Gasteiger partial charge in [0.15, 0.2) is 5.11 Å². The van der Waals surface area contributed by atoms with Crippen molar-refractivity contribution in [3.05, 3.63) is 35.9 Å². The summed E-state index contributed by atoms with van der Waals surface area (Å²) in [5.41, 5.74) is 0.234. The number of thiocarbonyl (C=S) groups is 1. The lowest BCUT2D eigenvalue weighted by Crippen LogP contribution is -2.63. The van der Waals surface area contributed by atoms with E-state index in [9.17, 15) is 19.5 Å². The molecule has 0 bridgehead atoms. The summed E-state index contributed by atoms with van der Waals surface area (Å²) < 4.78 is 10.7. The van der Waals surface area contributed by atoms with E-state index in [2.05, 4.69) is 23.4 Å². The van der Waals surface area contributed by atoms with Crippen molar-refractivity contribution in [2.75, 3.05) is 50.9 Å². The number of ether oxygens (including phenoxy) is 2. The van der Waals surface area contributed by atoms with Crippen LogP contribution in [0.4, 0.5) is 4.79 Å². The minimum atomic E-state index is -0.828. The second-order valence-corrected chi connectivity index (χ2v) is 13.2. The Bertz CT molecular complexity index is 1060. The van der Waals surface area contributed by atoms with Crippen LogP contribution >= 0.6 is 35.7 Å². The fraction of sp³-hybridized carbons (Fsp3) is 0.630. The number of likely N-dealkylation sites (tertiary alicyclic amines) is 1. The fourth-order valence-corrected chi connectivity index (χ4v) is 8.45. The number of rotatable bonds is 10. The molecule has 3 saturated heterocycles. The van der Waals surface area contributed by atoms with Gasteiger partial charge in [0, 0.05) is 53.8 Å². The average molecular weight is 611 g/mol. The van der Waals surface area contributed by atoms with E-state index in [0.717, 1.165) is 29.5 Å². The third-order valence-corrected chi connectivity index (χ3v) is 10.5. The van der Waals surface area contributed by atoms with Crippen molar-refractivity contribution in [3.63, 3.8) is 0 Å². The largest absolute Gasteiger partial charge is 0.457 e. The van der Waals surface area contributed by atoms with Crippen LogP contribution in [-0.4, -0.2) is 117 Å².